The Morgan fingerprint density at radius 3 is 1.48 bits per heavy atom. The van der Waals surface area contributed by atoms with Crippen molar-refractivity contribution in [1.29, 1.82) is 0 Å². The highest BCUT2D eigenvalue weighted by Crippen LogP contribution is 2.28. The first-order valence-electron chi connectivity index (χ1n) is 8.60. The third-order valence-electron chi connectivity index (χ3n) is 3.78. The molecular weight excluding hydrogens is 544 g/mol. The van der Waals surface area contributed by atoms with Gasteiger partial charge >= 0.3 is 26.7 Å². The van der Waals surface area contributed by atoms with E-state index in [9.17, 15) is 18.3 Å². The van der Waals surface area contributed by atoms with Gasteiger partial charge in [0, 0.05) is 11.1 Å². The van der Waals surface area contributed by atoms with Gasteiger partial charge in [-0.1, -0.05) is 78.9 Å². The Hall–Kier alpha value is -2.39. The van der Waals surface area contributed by atoms with Gasteiger partial charge in [0.05, 0.1) is 0 Å². The monoisotopic (exact) mass is 560 g/mol. The van der Waals surface area contributed by atoms with Gasteiger partial charge in [-0.15, -0.1) is 0 Å². The number of hydrogen-bond donors (Lipinski definition) is 1. The molecule has 0 saturated carbocycles. The van der Waals surface area contributed by atoms with Crippen molar-refractivity contribution >= 4 is 10.1 Å². The maximum atomic E-state index is 11.3. The van der Waals surface area contributed by atoms with Crippen LogP contribution in [-0.4, -0.2) is 23.6 Å². The fraction of sp³-hybridized carbons (Fsp3) is 0.0909. The molecule has 9 heteroatoms. The molecule has 0 fully saturated rings. The maximum absolute atomic E-state index is 11.3. The second-order valence-electron chi connectivity index (χ2n) is 5.95. The first-order valence-corrected chi connectivity index (χ1v) is 12.2. The number of alkyl halides is 3. The normalized spacial score (nSPS) is 11.5. The standard InChI is InChI=1S/C21H16IO.CHF3O3S/c23-21(18-10-4-1-5-11-18,19-12-6-2-7-13-19)16-17-22-20-14-8-3-9-15-20;2-1(3,4)8(5,6)7/h1-15,23H;(H,5,6,7)/q+1;/p-1. The van der Waals surface area contributed by atoms with Gasteiger partial charge in [0.2, 0.25) is 3.57 Å². The van der Waals surface area contributed by atoms with Crippen molar-refractivity contribution in [3.8, 4) is 9.85 Å². The molecule has 0 saturated heterocycles. The molecular formula is C22H16F3IO4S. The highest BCUT2D eigenvalue weighted by atomic mass is 127. The van der Waals surface area contributed by atoms with Gasteiger partial charge in [0.1, 0.15) is 0 Å². The molecule has 0 bridgehead atoms. The van der Waals surface area contributed by atoms with Crippen molar-refractivity contribution in [2.75, 3.05) is 0 Å². The average molecular weight is 560 g/mol. The SMILES string of the molecule is O=S(=O)([O-])C(F)(F)F.OC(C#C[I+]c1ccccc1)(c1ccccc1)c1ccccc1. The van der Waals surface area contributed by atoms with Crippen LogP contribution in [0.3, 0.4) is 0 Å². The molecule has 1 N–H and O–H groups in total. The number of rotatable bonds is 3. The van der Waals surface area contributed by atoms with E-state index in [1.807, 2.05) is 78.9 Å². The average Bonchev–Trinajstić information content (AvgIpc) is 2.75. The molecule has 0 spiro atoms. The molecule has 31 heavy (non-hydrogen) atoms. The third-order valence-corrected chi connectivity index (χ3v) is 6.23. The molecule has 0 heterocycles. The summed E-state index contributed by atoms with van der Waals surface area (Å²) >= 11 is -0.444. The van der Waals surface area contributed by atoms with Gasteiger partial charge in [-0.05, 0) is 18.1 Å². The summed E-state index contributed by atoms with van der Waals surface area (Å²) in [6.07, 6.45) is 0. The van der Waals surface area contributed by atoms with Gasteiger partial charge in [0.15, 0.2) is 19.6 Å². The molecule has 0 radical (unpaired) electrons. The summed E-state index contributed by atoms with van der Waals surface area (Å²) in [6.45, 7) is 0. The summed E-state index contributed by atoms with van der Waals surface area (Å²) in [4.78, 5) is 0. The molecule has 3 rings (SSSR count). The lowest BCUT2D eigenvalue weighted by Crippen LogP contribution is -3.59. The van der Waals surface area contributed by atoms with Crippen LogP contribution in [0.4, 0.5) is 13.2 Å². The van der Waals surface area contributed by atoms with Crippen molar-refractivity contribution in [1.82, 2.24) is 0 Å². The number of hydrogen-bond acceptors (Lipinski definition) is 4. The largest absolute Gasteiger partial charge is 0.741 e. The van der Waals surface area contributed by atoms with Crippen LogP contribution in [-0.2, 0) is 15.7 Å². The molecule has 0 aliphatic carbocycles. The Morgan fingerprint density at radius 1 is 0.774 bits per heavy atom. The van der Waals surface area contributed by atoms with E-state index in [0.29, 0.717) is 0 Å². The summed E-state index contributed by atoms with van der Waals surface area (Å²) in [5.41, 5.74) is -5.31. The maximum Gasteiger partial charge on any atom is 0.485 e. The number of aliphatic hydroxyl groups is 1. The Labute approximate surface area is 188 Å². The lowest BCUT2D eigenvalue weighted by atomic mass is 9.87. The lowest BCUT2D eigenvalue weighted by Gasteiger charge is -2.22. The summed E-state index contributed by atoms with van der Waals surface area (Å²) < 4.78 is 63.4. The van der Waals surface area contributed by atoms with Crippen LogP contribution in [0, 0.1) is 13.4 Å². The van der Waals surface area contributed by atoms with Crippen LogP contribution in [0.1, 0.15) is 11.1 Å². The lowest BCUT2D eigenvalue weighted by molar-refractivity contribution is -0.535. The predicted molar refractivity (Wildman–Crippen MR) is 105 cm³/mol. The van der Waals surface area contributed by atoms with Crippen molar-refractivity contribution in [3.63, 3.8) is 0 Å². The summed E-state index contributed by atoms with van der Waals surface area (Å²) in [5, 5.41) is 11.3. The fourth-order valence-corrected chi connectivity index (χ4v) is 3.91. The molecule has 0 aromatic heterocycles. The Balaban J connectivity index is 0.000000366. The van der Waals surface area contributed by atoms with Crippen LogP contribution >= 0.6 is 0 Å². The van der Waals surface area contributed by atoms with Crippen molar-refractivity contribution in [3.05, 3.63) is 106 Å². The summed E-state index contributed by atoms with van der Waals surface area (Å²) in [7, 11) is -6.09. The zero-order chi connectivity index (χ0) is 23.0. The molecule has 4 nitrogen and oxygen atoms in total. The predicted octanol–water partition coefficient (Wildman–Crippen LogP) is 0.894. The van der Waals surface area contributed by atoms with E-state index in [4.69, 9.17) is 13.0 Å². The Bertz CT molecular complexity index is 1090. The van der Waals surface area contributed by atoms with Crippen molar-refractivity contribution in [2.45, 2.75) is 11.1 Å². The van der Waals surface area contributed by atoms with Crippen molar-refractivity contribution in [2.24, 2.45) is 0 Å². The zero-order valence-corrected chi connectivity index (χ0v) is 18.7. The molecule has 3 aromatic rings. The zero-order valence-electron chi connectivity index (χ0n) is 15.8. The highest BCUT2D eigenvalue weighted by Gasteiger charge is 2.37. The Morgan fingerprint density at radius 2 is 1.13 bits per heavy atom. The quantitative estimate of drug-likeness (QED) is 0.224. The van der Waals surface area contributed by atoms with E-state index in [1.165, 1.54) is 3.57 Å². The highest BCUT2D eigenvalue weighted by molar-refractivity contribution is 7.86. The first kappa shape index (κ1) is 24.9. The van der Waals surface area contributed by atoms with Crippen molar-refractivity contribution < 1.29 is 52.5 Å². The smallest absolute Gasteiger partial charge is 0.485 e. The van der Waals surface area contributed by atoms with Crippen LogP contribution in [0.5, 0.6) is 0 Å². The molecule has 0 aliphatic heterocycles. The fourth-order valence-electron chi connectivity index (χ4n) is 2.29. The minimum absolute atomic E-state index is 0.444. The molecule has 0 atom stereocenters. The molecule has 162 valence electrons. The van der Waals surface area contributed by atoms with Gasteiger partial charge < -0.3 is 9.66 Å². The topological polar surface area (TPSA) is 77.4 Å². The summed E-state index contributed by atoms with van der Waals surface area (Å²) in [5.74, 6) is 3.13. The van der Waals surface area contributed by atoms with Crippen LogP contribution in [0.2, 0.25) is 0 Å². The molecule has 0 unspecified atom stereocenters. The third kappa shape index (κ3) is 7.36. The summed E-state index contributed by atoms with van der Waals surface area (Å²) in [6, 6.07) is 29.5. The van der Waals surface area contributed by atoms with E-state index in [2.05, 4.69) is 22.0 Å². The molecule has 3 aromatic carbocycles. The van der Waals surface area contributed by atoms with Crippen LogP contribution < -0.4 is 21.2 Å². The van der Waals surface area contributed by atoms with Gasteiger partial charge in [-0.3, -0.25) is 0 Å². The second-order valence-corrected chi connectivity index (χ2v) is 9.65. The number of halogens is 4. The van der Waals surface area contributed by atoms with Crippen LogP contribution in [0.25, 0.3) is 0 Å². The van der Waals surface area contributed by atoms with E-state index < -0.39 is 42.4 Å². The van der Waals surface area contributed by atoms with Gasteiger partial charge in [-0.2, -0.15) is 13.2 Å². The molecule has 0 amide bonds. The molecule has 0 aliphatic rings. The van der Waals surface area contributed by atoms with E-state index in [0.717, 1.165) is 11.1 Å². The van der Waals surface area contributed by atoms with Gasteiger partial charge in [0.25, 0.3) is 0 Å². The van der Waals surface area contributed by atoms with E-state index in [-0.39, 0.29) is 0 Å². The minimum Gasteiger partial charge on any atom is -0.741 e. The van der Waals surface area contributed by atoms with E-state index >= 15 is 0 Å². The number of benzene rings is 3. The second kappa shape index (κ2) is 10.8. The van der Waals surface area contributed by atoms with Gasteiger partial charge in [-0.25, -0.2) is 8.42 Å². The first-order chi connectivity index (χ1) is 14.5. The van der Waals surface area contributed by atoms with E-state index in [1.54, 1.807) is 0 Å². The van der Waals surface area contributed by atoms with Crippen LogP contribution in [0.15, 0.2) is 91.0 Å². The minimum atomic E-state index is -6.09. The Kier molecular flexibility index (Phi) is 8.64.